The predicted molar refractivity (Wildman–Crippen MR) is 59.3 cm³/mol. The van der Waals surface area contributed by atoms with Crippen LogP contribution in [0.25, 0.3) is 0 Å². The maximum Gasteiger partial charge on any atom is 0.246 e. The molecule has 2 N–H and O–H groups in total. The number of nitrogens with zero attached hydrogens (tertiary/aromatic N) is 2. The summed E-state index contributed by atoms with van der Waals surface area (Å²) >= 11 is 0. The molecular formula is C9H17N3O3S. The normalized spacial score (nSPS) is 12.2. The molecule has 1 aromatic heterocycles. The highest BCUT2D eigenvalue weighted by atomic mass is 32.2. The van der Waals surface area contributed by atoms with Gasteiger partial charge in [0.05, 0.1) is 12.8 Å². The monoisotopic (exact) mass is 247 g/mol. The summed E-state index contributed by atoms with van der Waals surface area (Å²) in [5.41, 5.74) is 0. The van der Waals surface area contributed by atoms with Crippen LogP contribution in [0.2, 0.25) is 0 Å². The van der Waals surface area contributed by atoms with Crippen LogP contribution < -0.4 is 0 Å². The van der Waals surface area contributed by atoms with Crippen molar-refractivity contribution in [3.63, 3.8) is 0 Å². The third-order valence-corrected chi connectivity index (χ3v) is 4.09. The Balaban J connectivity index is 2.84. The second kappa shape index (κ2) is 5.97. The molecule has 92 valence electrons. The van der Waals surface area contributed by atoms with Crippen molar-refractivity contribution < 1.29 is 13.5 Å². The van der Waals surface area contributed by atoms with Crippen molar-refractivity contribution in [2.75, 3.05) is 19.7 Å². The maximum absolute atomic E-state index is 12.0. The highest BCUT2D eigenvalue weighted by Crippen LogP contribution is 2.13. The molecule has 1 heterocycles. The minimum Gasteiger partial charge on any atom is -0.395 e. The molecule has 1 aromatic rings. The summed E-state index contributed by atoms with van der Waals surface area (Å²) in [5, 5.41) is 15.0. The Hall–Kier alpha value is -0.920. The van der Waals surface area contributed by atoms with E-state index in [0.717, 1.165) is 12.8 Å². The number of rotatable bonds is 7. The van der Waals surface area contributed by atoms with Gasteiger partial charge >= 0.3 is 0 Å². The highest BCUT2D eigenvalue weighted by molar-refractivity contribution is 7.89. The fraction of sp³-hybridized carbons (Fsp3) is 0.667. The molecular weight excluding hydrogens is 230 g/mol. The largest absolute Gasteiger partial charge is 0.395 e. The number of H-pyrrole nitrogens is 1. The molecule has 16 heavy (non-hydrogen) atoms. The second-order valence-electron chi connectivity index (χ2n) is 3.42. The van der Waals surface area contributed by atoms with E-state index in [4.69, 9.17) is 5.11 Å². The minimum absolute atomic E-state index is 0.119. The fourth-order valence-corrected chi connectivity index (χ4v) is 2.70. The van der Waals surface area contributed by atoms with Crippen LogP contribution in [-0.4, -0.2) is 47.7 Å². The molecule has 7 heteroatoms. The van der Waals surface area contributed by atoms with E-state index in [1.807, 2.05) is 6.92 Å². The smallest absolute Gasteiger partial charge is 0.246 e. The molecule has 0 spiro atoms. The van der Waals surface area contributed by atoms with E-state index in [2.05, 4.69) is 10.2 Å². The van der Waals surface area contributed by atoms with Gasteiger partial charge < -0.3 is 5.11 Å². The minimum atomic E-state index is -3.51. The summed E-state index contributed by atoms with van der Waals surface area (Å²) in [6.45, 7) is 2.35. The SMILES string of the molecule is CCCCN(CCO)S(=O)(=O)c1cn[nH]c1. The maximum atomic E-state index is 12.0. The number of aromatic amines is 1. The lowest BCUT2D eigenvalue weighted by molar-refractivity contribution is 0.252. The van der Waals surface area contributed by atoms with Gasteiger partial charge in [0, 0.05) is 19.3 Å². The second-order valence-corrected chi connectivity index (χ2v) is 5.35. The molecule has 6 nitrogen and oxygen atoms in total. The van der Waals surface area contributed by atoms with E-state index < -0.39 is 10.0 Å². The third kappa shape index (κ3) is 3.03. The lowest BCUT2D eigenvalue weighted by atomic mass is 10.3. The van der Waals surface area contributed by atoms with Gasteiger partial charge in [-0.3, -0.25) is 5.10 Å². The zero-order valence-corrected chi connectivity index (χ0v) is 10.1. The van der Waals surface area contributed by atoms with Crippen molar-refractivity contribution in [3.8, 4) is 0 Å². The van der Waals surface area contributed by atoms with Crippen molar-refractivity contribution in [1.82, 2.24) is 14.5 Å². The van der Waals surface area contributed by atoms with Gasteiger partial charge in [0.15, 0.2) is 0 Å². The van der Waals surface area contributed by atoms with Gasteiger partial charge in [0.25, 0.3) is 0 Å². The third-order valence-electron chi connectivity index (χ3n) is 2.22. The number of hydrogen-bond donors (Lipinski definition) is 2. The Morgan fingerprint density at radius 1 is 1.50 bits per heavy atom. The highest BCUT2D eigenvalue weighted by Gasteiger charge is 2.24. The molecule has 0 bridgehead atoms. The van der Waals surface area contributed by atoms with Crippen LogP contribution >= 0.6 is 0 Å². The van der Waals surface area contributed by atoms with Gasteiger partial charge in [-0.15, -0.1) is 0 Å². The zero-order valence-electron chi connectivity index (χ0n) is 9.26. The van der Waals surface area contributed by atoms with Crippen LogP contribution in [-0.2, 0) is 10.0 Å². The summed E-state index contributed by atoms with van der Waals surface area (Å²) in [7, 11) is -3.51. The zero-order chi connectivity index (χ0) is 12.0. The molecule has 0 aliphatic heterocycles. The Morgan fingerprint density at radius 2 is 2.25 bits per heavy atom. The molecule has 0 radical (unpaired) electrons. The first-order valence-electron chi connectivity index (χ1n) is 5.22. The van der Waals surface area contributed by atoms with E-state index >= 15 is 0 Å². The molecule has 0 aliphatic carbocycles. The molecule has 0 unspecified atom stereocenters. The van der Waals surface area contributed by atoms with E-state index in [1.54, 1.807) is 0 Å². The Kier molecular flexibility index (Phi) is 4.91. The Bertz CT molecular complexity index is 388. The van der Waals surface area contributed by atoms with Gasteiger partial charge in [0.2, 0.25) is 10.0 Å². The van der Waals surface area contributed by atoms with Crippen LogP contribution in [0.15, 0.2) is 17.3 Å². The Labute approximate surface area is 95.3 Å². The molecule has 0 aliphatic rings. The summed E-state index contributed by atoms with van der Waals surface area (Å²) in [4.78, 5) is 0.136. The van der Waals surface area contributed by atoms with Crippen LogP contribution in [0.4, 0.5) is 0 Å². The first kappa shape index (κ1) is 13.1. The number of sulfonamides is 1. The number of aliphatic hydroxyl groups is 1. The first-order chi connectivity index (χ1) is 7.62. The Morgan fingerprint density at radius 3 is 2.75 bits per heavy atom. The molecule has 1 rings (SSSR count). The molecule has 0 amide bonds. The first-order valence-corrected chi connectivity index (χ1v) is 6.66. The van der Waals surface area contributed by atoms with E-state index in [0.29, 0.717) is 6.54 Å². The number of nitrogens with one attached hydrogen (secondary N) is 1. The summed E-state index contributed by atoms with van der Waals surface area (Å²) in [6.07, 6.45) is 4.29. The van der Waals surface area contributed by atoms with E-state index in [-0.39, 0.29) is 18.0 Å². The lowest BCUT2D eigenvalue weighted by Gasteiger charge is -2.19. The average molecular weight is 247 g/mol. The number of hydrogen-bond acceptors (Lipinski definition) is 4. The topological polar surface area (TPSA) is 86.3 Å². The van der Waals surface area contributed by atoms with Gasteiger partial charge in [-0.1, -0.05) is 13.3 Å². The van der Waals surface area contributed by atoms with Crippen LogP contribution in [0.3, 0.4) is 0 Å². The number of unbranched alkanes of at least 4 members (excludes halogenated alkanes) is 1. The summed E-state index contributed by atoms with van der Waals surface area (Å²) < 4.78 is 25.4. The van der Waals surface area contributed by atoms with Gasteiger partial charge in [0.1, 0.15) is 4.90 Å². The quantitative estimate of drug-likeness (QED) is 0.720. The van der Waals surface area contributed by atoms with Crippen LogP contribution in [0, 0.1) is 0 Å². The average Bonchev–Trinajstić information content (AvgIpc) is 2.77. The molecule has 0 saturated carbocycles. The molecule has 0 saturated heterocycles. The van der Waals surface area contributed by atoms with Crippen molar-refractivity contribution in [2.24, 2.45) is 0 Å². The summed E-state index contributed by atoms with van der Waals surface area (Å²) in [6, 6.07) is 0. The van der Waals surface area contributed by atoms with Gasteiger partial charge in [-0.05, 0) is 6.42 Å². The summed E-state index contributed by atoms with van der Waals surface area (Å²) in [5.74, 6) is 0. The van der Waals surface area contributed by atoms with Crippen molar-refractivity contribution in [2.45, 2.75) is 24.7 Å². The fourth-order valence-electron chi connectivity index (χ4n) is 1.33. The molecule has 0 aromatic carbocycles. The van der Waals surface area contributed by atoms with E-state index in [1.165, 1.54) is 16.7 Å². The molecule has 0 atom stereocenters. The van der Waals surface area contributed by atoms with Crippen molar-refractivity contribution in [3.05, 3.63) is 12.4 Å². The van der Waals surface area contributed by atoms with Crippen molar-refractivity contribution >= 4 is 10.0 Å². The lowest BCUT2D eigenvalue weighted by Crippen LogP contribution is -2.34. The number of aliphatic hydroxyl groups excluding tert-OH is 1. The van der Waals surface area contributed by atoms with Crippen molar-refractivity contribution in [1.29, 1.82) is 0 Å². The van der Waals surface area contributed by atoms with Gasteiger partial charge in [-0.25, -0.2) is 8.42 Å². The predicted octanol–water partition coefficient (Wildman–Crippen LogP) is 0.193. The standard InChI is InChI=1S/C9H17N3O3S/c1-2-3-4-12(5-6-13)16(14,15)9-7-10-11-8-9/h7-8,13H,2-6H2,1H3,(H,10,11). The molecule has 0 fully saturated rings. The van der Waals surface area contributed by atoms with Crippen LogP contribution in [0.5, 0.6) is 0 Å². The number of aromatic nitrogens is 2. The van der Waals surface area contributed by atoms with Crippen LogP contribution in [0.1, 0.15) is 19.8 Å². The van der Waals surface area contributed by atoms with Gasteiger partial charge in [-0.2, -0.15) is 9.40 Å². The van der Waals surface area contributed by atoms with E-state index in [9.17, 15) is 8.42 Å².